The molecule has 1 aromatic carbocycles. The van der Waals surface area contributed by atoms with Crippen LogP contribution in [0, 0.1) is 0 Å². The Bertz CT molecular complexity index is 618. The molecule has 1 aromatic rings. The third-order valence-electron chi connectivity index (χ3n) is 3.29. The average molecular weight is 365 g/mol. The SMILES string of the molecule is CCOCC(=O)N[C@H](Cc1ccc(C(=O)OC(C)(C)C)cc1)C(=O)OC. The Kier molecular flexibility index (Phi) is 8.25. The largest absolute Gasteiger partial charge is 0.467 e. The lowest BCUT2D eigenvalue weighted by Crippen LogP contribution is -2.44. The van der Waals surface area contributed by atoms with E-state index in [1.807, 2.05) is 0 Å². The number of esters is 2. The molecule has 0 aliphatic heterocycles. The summed E-state index contributed by atoms with van der Waals surface area (Å²) in [4.78, 5) is 35.7. The summed E-state index contributed by atoms with van der Waals surface area (Å²) in [5.41, 5.74) is 0.611. The Morgan fingerprint density at radius 1 is 1.12 bits per heavy atom. The first-order valence-corrected chi connectivity index (χ1v) is 8.43. The minimum absolute atomic E-state index is 0.123. The Morgan fingerprint density at radius 2 is 1.73 bits per heavy atom. The van der Waals surface area contributed by atoms with Crippen LogP contribution in [0.3, 0.4) is 0 Å². The first-order chi connectivity index (χ1) is 12.2. The van der Waals surface area contributed by atoms with Gasteiger partial charge in [-0.2, -0.15) is 0 Å². The second-order valence-electron chi connectivity index (χ2n) is 6.68. The molecule has 0 saturated carbocycles. The fourth-order valence-electron chi connectivity index (χ4n) is 2.12. The van der Waals surface area contributed by atoms with Crippen molar-refractivity contribution < 1.29 is 28.6 Å². The van der Waals surface area contributed by atoms with Crippen molar-refractivity contribution in [3.8, 4) is 0 Å². The third kappa shape index (κ3) is 7.65. The number of amides is 1. The highest BCUT2D eigenvalue weighted by molar-refractivity contribution is 5.89. The Balaban J connectivity index is 2.77. The van der Waals surface area contributed by atoms with Crippen LogP contribution in [0.2, 0.25) is 0 Å². The molecule has 0 spiro atoms. The van der Waals surface area contributed by atoms with Gasteiger partial charge >= 0.3 is 11.9 Å². The smallest absolute Gasteiger partial charge is 0.338 e. The number of nitrogens with one attached hydrogen (secondary N) is 1. The molecule has 0 fully saturated rings. The maximum Gasteiger partial charge on any atom is 0.338 e. The number of rotatable bonds is 8. The summed E-state index contributed by atoms with van der Waals surface area (Å²) in [6.07, 6.45) is 0.235. The lowest BCUT2D eigenvalue weighted by Gasteiger charge is -2.19. The van der Waals surface area contributed by atoms with E-state index in [2.05, 4.69) is 5.32 Å². The maximum atomic E-state index is 12.0. The van der Waals surface area contributed by atoms with Crippen LogP contribution >= 0.6 is 0 Å². The Labute approximate surface area is 154 Å². The highest BCUT2D eigenvalue weighted by atomic mass is 16.6. The zero-order chi connectivity index (χ0) is 19.7. The number of ether oxygens (including phenoxy) is 3. The van der Waals surface area contributed by atoms with E-state index in [4.69, 9.17) is 14.2 Å². The minimum atomic E-state index is -0.833. The zero-order valence-corrected chi connectivity index (χ0v) is 16.0. The lowest BCUT2D eigenvalue weighted by atomic mass is 10.0. The van der Waals surface area contributed by atoms with E-state index in [1.165, 1.54) is 7.11 Å². The highest BCUT2D eigenvalue weighted by Crippen LogP contribution is 2.14. The third-order valence-corrected chi connectivity index (χ3v) is 3.29. The van der Waals surface area contributed by atoms with Crippen LogP contribution in [0.5, 0.6) is 0 Å². The van der Waals surface area contributed by atoms with Gasteiger partial charge in [-0.25, -0.2) is 9.59 Å². The molecule has 7 heteroatoms. The molecule has 0 aromatic heterocycles. The van der Waals surface area contributed by atoms with Crippen molar-refractivity contribution in [1.29, 1.82) is 0 Å². The number of carbonyl (C=O) groups excluding carboxylic acids is 3. The predicted octanol–water partition coefficient (Wildman–Crippen LogP) is 1.88. The number of hydrogen-bond donors (Lipinski definition) is 1. The van der Waals surface area contributed by atoms with E-state index in [0.717, 1.165) is 5.56 Å². The molecule has 0 unspecified atom stereocenters. The van der Waals surface area contributed by atoms with Gasteiger partial charge in [0.05, 0.1) is 12.7 Å². The molecule has 0 radical (unpaired) electrons. The van der Waals surface area contributed by atoms with Crippen LogP contribution < -0.4 is 5.32 Å². The molecule has 0 saturated heterocycles. The maximum absolute atomic E-state index is 12.0. The quantitative estimate of drug-likeness (QED) is 0.708. The average Bonchev–Trinajstić information content (AvgIpc) is 2.57. The summed E-state index contributed by atoms with van der Waals surface area (Å²) in [6.45, 7) is 7.45. The van der Waals surface area contributed by atoms with Gasteiger partial charge in [-0.3, -0.25) is 4.79 Å². The van der Waals surface area contributed by atoms with Crippen molar-refractivity contribution in [3.63, 3.8) is 0 Å². The Morgan fingerprint density at radius 3 is 2.23 bits per heavy atom. The van der Waals surface area contributed by atoms with Gasteiger partial charge in [0.25, 0.3) is 0 Å². The summed E-state index contributed by atoms with van der Waals surface area (Å²) in [6, 6.07) is 5.84. The van der Waals surface area contributed by atoms with Crippen molar-refractivity contribution >= 4 is 17.8 Å². The van der Waals surface area contributed by atoms with E-state index >= 15 is 0 Å². The van der Waals surface area contributed by atoms with Crippen LogP contribution in [-0.2, 0) is 30.2 Å². The summed E-state index contributed by atoms with van der Waals surface area (Å²) in [7, 11) is 1.26. The first-order valence-electron chi connectivity index (χ1n) is 8.43. The minimum Gasteiger partial charge on any atom is -0.467 e. The summed E-state index contributed by atoms with van der Waals surface area (Å²) in [5, 5.41) is 2.59. The normalized spacial score (nSPS) is 12.2. The fourth-order valence-corrected chi connectivity index (χ4v) is 2.12. The number of methoxy groups -OCH3 is 1. The van der Waals surface area contributed by atoms with Gasteiger partial charge in [0.2, 0.25) is 5.91 Å². The lowest BCUT2D eigenvalue weighted by molar-refractivity contribution is -0.145. The molecule has 1 amide bonds. The second-order valence-corrected chi connectivity index (χ2v) is 6.68. The molecule has 0 aliphatic rings. The summed E-state index contributed by atoms with van der Waals surface area (Å²) >= 11 is 0. The standard InChI is InChI=1S/C19H27NO6/c1-6-25-12-16(21)20-15(18(23)24-5)11-13-7-9-14(10-8-13)17(22)26-19(2,3)4/h7-10,15H,6,11-12H2,1-5H3,(H,20,21)/t15-/m1/s1. The van der Waals surface area contributed by atoms with Crippen LogP contribution in [0.1, 0.15) is 43.6 Å². The van der Waals surface area contributed by atoms with Gasteiger partial charge in [0.1, 0.15) is 18.2 Å². The van der Waals surface area contributed by atoms with E-state index in [1.54, 1.807) is 52.0 Å². The molecule has 0 aliphatic carbocycles. The van der Waals surface area contributed by atoms with Crippen molar-refractivity contribution in [2.24, 2.45) is 0 Å². The van der Waals surface area contributed by atoms with Crippen molar-refractivity contribution in [3.05, 3.63) is 35.4 Å². The molecular formula is C19H27NO6. The molecular weight excluding hydrogens is 338 g/mol. The van der Waals surface area contributed by atoms with Crippen LogP contribution in [0.4, 0.5) is 0 Å². The zero-order valence-electron chi connectivity index (χ0n) is 16.0. The number of hydrogen-bond acceptors (Lipinski definition) is 6. The second kappa shape index (κ2) is 9.91. The topological polar surface area (TPSA) is 90.9 Å². The van der Waals surface area contributed by atoms with E-state index in [0.29, 0.717) is 12.2 Å². The molecule has 0 heterocycles. The van der Waals surface area contributed by atoms with Gasteiger partial charge in [0.15, 0.2) is 0 Å². The molecule has 144 valence electrons. The van der Waals surface area contributed by atoms with Crippen LogP contribution in [-0.4, -0.2) is 49.8 Å². The van der Waals surface area contributed by atoms with Gasteiger partial charge in [-0.15, -0.1) is 0 Å². The molecule has 0 bridgehead atoms. The van der Waals surface area contributed by atoms with Crippen molar-refractivity contribution in [2.45, 2.75) is 45.8 Å². The van der Waals surface area contributed by atoms with Crippen molar-refractivity contribution in [2.75, 3.05) is 20.3 Å². The van der Waals surface area contributed by atoms with Gasteiger partial charge < -0.3 is 19.5 Å². The number of carbonyl (C=O) groups is 3. The molecule has 1 N–H and O–H groups in total. The monoisotopic (exact) mass is 365 g/mol. The first kappa shape index (κ1) is 21.6. The van der Waals surface area contributed by atoms with Crippen LogP contribution in [0.25, 0.3) is 0 Å². The van der Waals surface area contributed by atoms with E-state index in [9.17, 15) is 14.4 Å². The molecule has 26 heavy (non-hydrogen) atoms. The van der Waals surface area contributed by atoms with Gasteiger partial charge in [-0.05, 0) is 45.4 Å². The summed E-state index contributed by atoms with van der Waals surface area (Å²) < 4.78 is 15.1. The predicted molar refractivity (Wildman–Crippen MR) is 95.8 cm³/mol. The molecule has 7 nitrogen and oxygen atoms in total. The van der Waals surface area contributed by atoms with E-state index < -0.39 is 29.5 Å². The van der Waals surface area contributed by atoms with Crippen LogP contribution in [0.15, 0.2) is 24.3 Å². The van der Waals surface area contributed by atoms with Crippen molar-refractivity contribution in [1.82, 2.24) is 5.32 Å². The highest BCUT2D eigenvalue weighted by Gasteiger charge is 2.22. The van der Waals surface area contributed by atoms with E-state index in [-0.39, 0.29) is 13.0 Å². The molecule has 1 atom stereocenters. The summed E-state index contributed by atoms with van der Waals surface area (Å²) in [5.74, 6) is -1.36. The Hall–Kier alpha value is -2.41. The fraction of sp³-hybridized carbons (Fsp3) is 0.526. The number of benzene rings is 1. The van der Waals surface area contributed by atoms with Gasteiger partial charge in [-0.1, -0.05) is 12.1 Å². The molecule has 1 rings (SSSR count). The van der Waals surface area contributed by atoms with Gasteiger partial charge in [0, 0.05) is 13.0 Å².